The Balaban J connectivity index is 2.05. The predicted molar refractivity (Wildman–Crippen MR) is 162 cm³/mol. The number of hydrogen-bond acceptors (Lipinski definition) is 7. The highest BCUT2D eigenvalue weighted by atomic mass is 35.5. The number of nitrogens with one attached hydrogen (secondary N) is 1. The Morgan fingerprint density at radius 3 is 2.12 bits per heavy atom. The van der Waals surface area contributed by atoms with Crippen LogP contribution in [0.5, 0.6) is 17.2 Å². The van der Waals surface area contributed by atoms with Gasteiger partial charge in [-0.2, -0.15) is 0 Å². The van der Waals surface area contributed by atoms with Gasteiger partial charge in [0.15, 0.2) is 11.5 Å². The second-order valence-electron chi connectivity index (χ2n) is 9.34. The molecule has 0 aromatic heterocycles. The summed E-state index contributed by atoms with van der Waals surface area (Å²) in [4.78, 5) is 28.2. The zero-order chi connectivity index (χ0) is 30.9. The first-order chi connectivity index (χ1) is 20.0. The van der Waals surface area contributed by atoms with Crippen LogP contribution < -0.4 is 23.8 Å². The summed E-state index contributed by atoms with van der Waals surface area (Å²) in [7, 11) is 0.0897. The second-order valence-corrected chi connectivity index (χ2v) is 11.6. The van der Waals surface area contributed by atoms with Crippen molar-refractivity contribution in [2.24, 2.45) is 0 Å². The summed E-state index contributed by atoms with van der Waals surface area (Å²) >= 11 is 6.08. The van der Waals surface area contributed by atoms with E-state index in [9.17, 15) is 18.0 Å². The third-order valence-corrected chi connectivity index (χ3v) is 8.59. The van der Waals surface area contributed by atoms with Gasteiger partial charge in [-0.05, 0) is 67.4 Å². The third-order valence-electron chi connectivity index (χ3n) is 6.56. The number of anilines is 1. The molecule has 3 rings (SSSR count). The van der Waals surface area contributed by atoms with E-state index in [1.54, 1.807) is 38.3 Å². The van der Waals surface area contributed by atoms with Crippen molar-refractivity contribution >= 4 is 39.1 Å². The van der Waals surface area contributed by atoms with Gasteiger partial charge in [0.05, 0.1) is 31.9 Å². The van der Waals surface area contributed by atoms with Gasteiger partial charge in [-0.15, -0.1) is 0 Å². The molecule has 0 bridgehead atoms. The van der Waals surface area contributed by atoms with Crippen LogP contribution in [0.1, 0.15) is 25.8 Å². The first kappa shape index (κ1) is 32.6. The van der Waals surface area contributed by atoms with E-state index in [1.807, 2.05) is 6.92 Å². The Bertz CT molecular complexity index is 1470. The lowest BCUT2D eigenvalue weighted by Gasteiger charge is -2.32. The van der Waals surface area contributed by atoms with E-state index < -0.39 is 28.5 Å². The van der Waals surface area contributed by atoms with Crippen molar-refractivity contribution in [2.75, 3.05) is 38.7 Å². The average Bonchev–Trinajstić information content (AvgIpc) is 3.01. The van der Waals surface area contributed by atoms with Crippen LogP contribution in [0.15, 0.2) is 71.6 Å². The minimum Gasteiger partial charge on any atom is -0.497 e. The number of ether oxygens (including phenoxy) is 3. The highest BCUT2D eigenvalue weighted by Crippen LogP contribution is 2.32. The van der Waals surface area contributed by atoms with Crippen LogP contribution >= 0.6 is 11.6 Å². The molecule has 0 spiro atoms. The number of methoxy groups -OCH3 is 3. The molecule has 0 saturated heterocycles. The Morgan fingerprint density at radius 2 is 1.55 bits per heavy atom. The second kappa shape index (κ2) is 14.8. The van der Waals surface area contributed by atoms with Crippen LogP contribution in [0.3, 0.4) is 0 Å². The molecular weight excluding hydrogens is 582 g/mol. The van der Waals surface area contributed by atoms with Crippen LogP contribution in [0.4, 0.5) is 5.69 Å². The minimum atomic E-state index is -4.31. The number of benzene rings is 3. The Labute approximate surface area is 252 Å². The van der Waals surface area contributed by atoms with E-state index >= 15 is 0 Å². The molecule has 1 unspecified atom stereocenters. The standard InChI is InChI=1S/C30H36ClN3O7S/c1-6-17-32-30(36)21(2)33(19-22-7-13-25(39-3)14-8-22)29(35)20-34(24-11-9-23(31)10-12-24)42(37,38)26-15-16-27(40-4)28(18-26)41-5/h7-16,18,21H,6,17,19-20H2,1-5H3,(H,32,36). The van der Waals surface area contributed by atoms with Crippen LogP contribution in [0.25, 0.3) is 0 Å². The van der Waals surface area contributed by atoms with Crippen LogP contribution in [0.2, 0.25) is 5.02 Å². The van der Waals surface area contributed by atoms with Crippen LogP contribution in [0, 0.1) is 0 Å². The summed E-state index contributed by atoms with van der Waals surface area (Å²) in [5, 5.41) is 3.22. The molecule has 3 aromatic carbocycles. The van der Waals surface area contributed by atoms with Crippen molar-refractivity contribution in [1.29, 1.82) is 0 Å². The van der Waals surface area contributed by atoms with E-state index in [0.717, 1.165) is 16.3 Å². The molecule has 0 aliphatic heterocycles. The highest BCUT2D eigenvalue weighted by Gasteiger charge is 2.33. The third kappa shape index (κ3) is 7.86. The van der Waals surface area contributed by atoms with E-state index in [0.29, 0.717) is 23.1 Å². The van der Waals surface area contributed by atoms with Gasteiger partial charge in [-0.1, -0.05) is 30.7 Å². The molecule has 2 amide bonds. The van der Waals surface area contributed by atoms with Gasteiger partial charge in [-0.3, -0.25) is 13.9 Å². The molecule has 0 aliphatic rings. The summed E-state index contributed by atoms with van der Waals surface area (Å²) in [6.07, 6.45) is 0.721. The van der Waals surface area contributed by atoms with Crippen molar-refractivity contribution < 1.29 is 32.2 Å². The molecule has 12 heteroatoms. The molecule has 226 valence electrons. The normalized spacial score (nSPS) is 11.8. The van der Waals surface area contributed by atoms with Crippen LogP contribution in [-0.2, 0) is 26.2 Å². The fourth-order valence-corrected chi connectivity index (χ4v) is 5.70. The summed E-state index contributed by atoms with van der Waals surface area (Å²) in [6, 6.07) is 16.5. The van der Waals surface area contributed by atoms with Gasteiger partial charge in [0.1, 0.15) is 18.3 Å². The van der Waals surface area contributed by atoms with Gasteiger partial charge in [-0.25, -0.2) is 8.42 Å². The van der Waals surface area contributed by atoms with Crippen molar-refractivity contribution in [3.8, 4) is 17.2 Å². The van der Waals surface area contributed by atoms with Crippen molar-refractivity contribution in [2.45, 2.75) is 37.8 Å². The molecular formula is C30H36ClN3O7S. The zero-order valence-corrected chi connectivity index (χ0v) is 25.9. The number of halogens is 1. The Kier molecular flexibility index (Phi) is 11.5. The fourth-order valence-electron chi connectivity index (χ4n) is 4.15. The number of sulfonamides is 1. The average molecular weight is 618 g/mol. The van der Waals surface area contributed by atoms with E-state index in [4.69, 9.17) is 25.8 Å². The smallest absolute Gasteiger partial charge is 0.264 e. The topological polar surface area (TPSA) is 114 Å². The van der Waals surface area contributed by atoms with E-state index in [-0.39, 0.29) is 28.8 Å². The van der Waals surface area contributed by atoms with Crippen LogP contribution in [-0.4, -0.2) is 65.6 Å². The molecule has 0 fully saturated rings. The van der Waals surface area contributed by atoms with Gasteiger partial charge < -0.3 is 24.4 Å². The molecule has 0 aliphatic carbocycles. The summed E-state index contributed by atoms with van der Waals surface area (Å²) in [6.45, 7) is 3.46. The Morgan fingerprint density at radius 1 is 0.905 bits per heavy atom. The number of hydrogen-bond donors (Lipinski definition) is 1. The van der Waals surface area contributed by atoms with E-state index in [2.05, 4.69) is 5.32 Å². The molecule has 3 aromatic rings. The van der Waals surface area contributed by atoms with Crippen molar-refractivity contribution in [1.82, 2.24) is 10.2 Å². The van der Waals surface area contributed by atoms with E-state index in [1.165, 1.54) is 61.6 Å². The summed E-state index contributed by atoms with van der Waals surface area (Å²) in [5.41, 5.74) is 0.954. The zero-order valence-electron chi connectivity index (χ0n) is 24.3. The summed E-state index contributed by atoms with van der Waals surface area (Å²) < 4.78 is 44.9. The largest absolute Gasteiger partial charge is 0.497 e. The lowest BCUT2D eigenvalue weighted by molar-refractivity contribution is -0.139. The molecule has 0 heterocycles. The van der Waals surface area contributed by atoms with Gasteiger partial charge >= 0.3 is 0 Å². The molecule has 10 nitrogen and oxygen atoms in total. The first-order valence-electron chi connectivity index (χ1n) is 13.3. The maximum atomic E-state index is 14.1. The SMILES string of the molecule is CCCNC(=O)C(C)N(Cc1ccc(OC)cc1)C(=O)CN(c1ccc(Cl)cc1)S(=O)(=O)c1ccc(OC)c(OC)c1. The lowest BCUT2D eigenvalue weighted by Crippen LogP contribution is -2.51. The van der Waals surface area contributed by atoms with Gasteiger partial charge in [0.2, 0.25) is 11.8 Å². The highest BCUT2D eigenvalue weighted by molar-refractivity contribution is 7.92. The number of carbonyl (C=O) groups is 2. The maximum absolute atomic E-state index is 14.1. The number of nitrogens with zero attached hydrogens (tertiary/aromatic N) is 2. The van der Waals surface area contributed by atoms with Gasteiger partial charge in [0, 0.05) is 24.2 Å². The fraction of sp³-hybridized carbons (Fsp3) is 0.333. The number of carbonyl (C=O) groups excluding carboxylic acids is 2. The predicted octanol–water partition coefficient (Wildman–Crippen LogP) is 4.50. The van der Waals surface area contributed by atoms with Crippen molar-refractivity contribution in [3.05, 3.63) is 77.3 Å². The minimum absolute atomic E-state index is 0.0639. The van der Waals surface area contributed by atoms with Gasteiger partial charge in [0.25, 0.3) is 10.0 Å². The summed E-state index contributed by atoms with van der Waals surface area (Å²) in [5.74, 6) is 0.273. The number of rotatable bonds is 14. The molecule has 0 saturated carbocycles. The molecule has 1 atom stereocenters. The quantitative estimate of drug-likeness (QED) is 0.283. The molecule has 42 heavy (non-hydrogen) atoms. The molecule has 1 N–H and O–H groups in total. The van der Waals surface area contributed by atoms with Crippen molar-refractivity contribution in [3.63, 3.8) is 0 Å². The molecule has 0 radical (unpaired) electrons. The number of amides is 2. The maximum Gasteiger partial charge on any atom is 0.264 e. The Hall–Kier alpha value is -3.96. The first-order valence-corrected chi connectivity index (χ1v) is 15.1. The monoisotopic (exact) mass is 617 g/mol. The lowest BCUT2D eigenvalue weighted by atomic mass is 10.1.